The lowest BCUT2D eigenvalue weighted by molar-refractivity contribution is -0.139. The van der Waals surface area contributed by atoms with Gasteiger partial charge in [0.15, 0.2) is 18.1 Å². The minimum absolute atomic E-state index is 0.160. The number of methoxy groups -OCH3 is 1. The van der Waals surface area contributed by atoms with E-state index < -0.39 is 12.6 Å². The SMILES string of the molecule is COc1cc(C=Nc2sc3c(c2C(=O)NCc2ccco2)CCCC3)cc(I)c1OCC(=O)O. The van der Waals surface area contributed by atoms with Gasteiger partial charge in [0.1, 0.15) is 10.8 Å². The van der Waals surface area contributed by atoms with Crippen LogP contribution in [0.25, 0.3) is 0 Å². The van der Waals surface area contributed by atoms with Gasteiger partial charge in [0.05, 0.1) is 29.1 Å². The number of aliphatic carboxylic acids is 1. The molecule has 1 aliphatic rings. The molecule has 0 saturated carbocycles. The number of fused-ring (bicyclic) bond motifs is 1. The van der Waals surface area contributed by atoms with Crippen molar-refractivity contribution in [2.75, 3.05) is 13.7 Å². The maximum atomic E-state index is 13.1. The van der Waals surface area contributed by atoms with Crippen LogP contribution < -0.4 is 14.8 Å². The number of ether oxygens (including phenoxy) is 2. The summed E-state index contributed by atoms with van der Waals surface area (Å²) >= 11 is 3.63. The number of carbonyl (C=O) groups excluding carboxylic acids is 1. The average molecular weight is 594 g/mol. The first-order chi connectivity index (χ1) is 16.5. The Labute approximate surface area is 214 Å². The van der Waals surface area contributed by atoms with Gasteiger partial charge in [-0.1, -0.05) is 0 Å². The third-order valence-corrected chi connectivity index (χ3v) is 7.31. The first-order valence-corrected chi connectivity index (χ1v) is 12.6. The van der Waals surface area contributed by atoms with Crippen molar-refractivity contribution in [2.45, 2.75) is 32.2 Å². The molecule has 4 rings (SSSR count). The van der Waals surface area contributed by atoms with E-state index in [2.05, 4.69) is 32.9 Å². The second kappa shape index (κ2) is 11.0. The predicted molar refractivity (Wildman–Crippen MR) is 137 cm³/mol. The monoisotopic (exact) mass is 594 g/mol. The molecule has 10 heteroatoms. The Balaban J connectivity index is 1.61. The largest absolute Gasteiger partial charge is 0.493 e. The first-order valence-electron chi connectivity index (χ1n) is 10.7. The van der Waals surface area contributed by atoms with Crippen LogP contribution in [0.5, 0.6) is 11.5 Å². The number of amides is 1. The number of nitrogens with one attached hydrogen (secondary N) is 1. The Morgan fingerprint density at radius 3 is 2.88 bits per heavy atom. The van der Waals surface area contributed by atoms with E-state index in [1.54, 1.807) is 35.9 Å². The van der Waals surface area contributed by atoms with Crippen LogP contribution in [0.4, 0.5) is 5.00 Å². The molecule has 0 unspecified atom stereocenters. The summed E-state index contributed by atoms with van der Waals surface area (Å²) in [6, 6.07) is 7.17. The van der Waals surface area contributed by atoms with Crippen LogP contribution in [0, 0.1) is 3.57 Å². The lowest BCUT2D eigenvalue weighted by Gasteiger charge is -2.12. The van der Waals surface area contributed by atoms with Gasteiger partial charge in [-0.05, 0) is 83.7 Å². The molecule has 2 heterocycles. The minimum atomic E-state index is -1.07. The van der Waals surface area contributed by atoms with Crippen molar-refractivity contribution in [3.63, 3.8) is 0 Å². The van der Waals surface area contributed by atoms with Crippen LogP contribution >= 0.6 is 33.9 Å². The highest BCUT2D eigenvalue weighted by Gasteiger charge is 2.25. The lowest BCUT2D eigenvalue weighted by Crippen LogP contribution is -2.23. The Bertz CT molecular complexity index is 1220. The zero-order valence-electron chi connectivity index (χ0n) is 18.4. The highest BCUT2D eigenvalue weighted by molar-refractivity contribution is 14.1. The van der Waals surface area contributed by atoms with Crippen LogP contribution in [0.1, 0.15) is 45.0 Å². The van der Waals surface area contributed by atoms with Crippen LogP contribution in [0.2, 0.25) is 0 Å². The van der Waals surface area contributed by atoms with E-state index in [-0.39, 0.29) is 5.91 Å². The van der Waals surface area contributed by atoms with Gasteiger partial charge in [-0.3, -0.25) is 4.79 Å². The number of carboxylic acid groups (broad SMARTS) is 1. The fraction of sp³-hybridized carbons (Fsp3) is 0.292. The fourth-order valence-corrected chi connectivity index (χ4v) is 5.78. The molecule has 8 nitrogen and oxygen atoms in total. The van der Waals surface area contributed by atoms with Crippen LogP contribution in [-0.4, -0.2) is 36.9 Å². The first kappa shape index (κ1) is 24.3. The molecule has 0 bridgehead atoms. The standard InChI is InChI=1S/C24H23IN2O6S/c1-31-18-10-14(9-17(25)22(18)33-13-20(28)29)11-27-24-21(16-6-2-3-7-19(16)34-24)23(30)26-12-15-5-4-8-32-15/h4-5,8-11H,2-3,6-7,12-13H2,1H3,(H,26,30)(H,28,29). The quantitative estimate of drug-likeness (QED) is 0.267. The molecule has 34 heavy (non-hydrogen) atoms. The number of aryl methyl sites for hydroxylation is 1. The molecule has 3 aromatic rings. The topological polar surface area (TPSA) is 110 Å². The summed E-state index contributed by atoms with van der Waals surface area (Å²) in [6.07, 6.45) is 7.25. The highest BCUT2D eigenvalue weighted by Crippen LogP contribution is 2.40. The predicted octanol–water partition coefficient (Wildman–Crippen LogP) is 4.98. The van der Waals surface area contributed by atoms with E-state index in [9.17, 15) is 9.59 Å². The summed E-state index contributed by atoms with van der Waals surface area (Å²) in [7, 11) is 1.49. The zero-order chi connectivity index (χ0) is 24.1. The van der Waals surface area contributed by atoms with Crippen molar-refractivity contribution in [1.82, 2.24) is 5.32 Å². The number of thiophene rings is 1. The van der Waals surface area contributed by atoms with Crippen molar-refractivity contribution in [3.05, 3.63) is 61.4 Å². The molecule has 0 aliphatic heterocycles. The van der Waals surface area contributed by atoms with Gasteiger partial charge in [-0.25, -0.2) is 9.79 Å². The van der Waals surface area contributed by atoms with E-state index in [0.717, 1.165) is 36.8 Å². The van der Waals surface area contributed by atoms with E-state index in [0.29, 0.717) is 37.9 Å². The lowest BCUT2D eigenvalue weighted by atomic mass is 9.95. The summed E-state index contributed by atoms with van der Waals surface area (Å²) in [5, 5.41) is 12.5. The van der Waals surface area contributed by atoms with Crippen LogP contribution in [-0.2, 0) is 24.2 Å². The summed E-state index contributed by atoms with van der Waals surface area (Å²) in [5.74, 6) is 0.244. The number of hydrogen-bond acceptors (Lipinski definition) is 7. The van der Waals surface area contributed by atoms with Gasteiger partial charge in [-0.2, -0.15) is 0 Å². The minimum Gasteiger partial charge on any atom is -0.493 e. The van der Waals surface area contributed by atoms with Gasteiger partial charge in [0, 0.05) is 11.1 Å². The third-order valence-electron chi connectivity index (χ3n) is 5.31. The fourth-order valence-electron chi connectivity index (χ4n) is 3.77. The maximum Gasteiger partial charge on any atom is 0.341 e. The van der Waals surface area contributed by atoms with E-state index in [4.69, 9.17) is 19.0 Å². The Morgan fingerprint density at radius 1 is 1.32 bits per heavy atom. The highest BCUT2D eigenvalue weighted by atomic mass is 127. The zero-order valence-corrected chi connectivity index (χ0v) is 21.4. The van der Waals surface area contributed by atoms with Crippen molar-refractivity contribution in [2.24, 2.45) is 4.99 Å². The number of aliphatic imine (C=N–C) groups is 1. The van der Waals surface area contributed by atoms with Crippen molar-refractivity contribution in [1.29, 1.82) is 0 Å². The van der Waals surface area contributed by atoms with Gasteiger partial charge < -0.3 is 24.3 Å². The molecule has 0 atom stereocenters. The molecule has 2 N–H and O–H groups in total. The number of carboxylic acids is 1. The van der Waals surface area contributed by atoms with Crippen molar-refractivity contribution < 1.29 is 28.6 Å². The molecular weight excluding hydrogens is 571 g/mol. The number of hydrogen-bond donors (Lipinski definition) is 2. The second-order valence-corrected chi connectivity index (χ2v) is 9.87. The number of nitrogens with zero attached hydrogens (tertiary/aromatic N) is 1. The van der Waals surface area contributed by atoms with Gasteiger partial charge in [0.2, 0.25) is 0 Å². The Morgan fingerprint density at radius 2 is 2.15 bits per heavy atom. The summed E-state index contributed by atoms with van der Waals surface area (Å²) in [4.78, 5) is 29.9. The van der Waals surface area contributed by atoms with E-state index >= 15 is 0 Å². The Hall–Kier alpha value is -2.86. The normalized spacial score (nSPS) is 13.0. The molecule has 0 spiro atoms. The molecular formula is C24H23IN2O6S. The van der Waals surface area contributed by atoms with Gasteiger partial charge in [0.25, 0.3) is 5.91 Å². The van der Waals surface area contributed by atoms with Crippen LogP contribution in [0.15, 0.2) is 39.9 Å². The number of furan rings is 1. The number of carbonyl (C=O) groups is 2. The molecule has 0 fully saturated rings. The second-order valence-electron chi connectivity index (χ2n) is 7.63. The molecule has 1 aromatic carbocycles. The molecule has 0 radical (unpaired) electrons. The van der Waals surface area contributed by atoms with Crippen molar-refractivity contribution >= 4 is 57.0 Å². The third kappa shape index (κ3) is 5.61. The van der Waals surface area contributed by atoms with E-state index in [1.165, 1.54) is 12.0 Å². The molecule has 1 aliphatic carbocycles. The van der Waals surface area contributed by atoms with Crippen molar-refractivity contribution in [3.8, 4) is 11.5 Å². The molecule has 2 aromatic heterocycles. The molecule has 0 saturated heterocycles. The summed E-state index contributed by atoms with van der Waals surface area (Å²) < 4.78 is 16.8. The number of rotatable bonds is 9. The maximum absolute atomic E-state index is 13.1. The smallest absolute Gasteiger partial charge is 0.341 e. The summed E-state index contributed by atoms with van der Waals surface area (Å²) in [5.41, 5.74) is 2.47. The van der Waals surface area contributed by atoms with E-state index in [1.807, 2.05) is 12.1 Å². The summed E-state index contributed by atoms with van der Waals surface area (Å²) in [6.45, 7) is -0.149. The van der Waals surface area contributed by atoms with Gasteiger partial charge >= 0.3 is 5.97 Å². The number of halogens is 1. The molecule has 178 valence electrons. The van der Waals surface area contributed by atoms with Gasteiger partial charge in [-0.15, -0.1) is 11.3 Å². The van der Waals surface area contributed by atoms with Crippen LogP contribution in [0.3, 0.4) is 0 Å². The Kier molecular flexibility index (Phi) is 7.88. The molecule has 1 amide bonds. The average Bonchev–Trinajstić information content (AvgIpc) is 3.47. The number of benzene rings is 1.